The first kappa shape index (κ1) is 25.1. The molecule has 1 aliphatic carbocycles. The number of carbonyl (C=O) groups excluding carboxylic acids is 2. The SMILES string of the molecule is Cc1cc(O[C@H]2C[C@H](C(=O)N3CCCN(C4CCC4)CC3)N(C(=O)OC(C)(C)C)C2)ccc1Cl. The van der Waals surface area contributed by atoms with Gasteiger partial charge in [-0.25, -0.2) is 4.79 Å². The Balaban J connectivity index is 1.46. The second-order valence-electron chi connectivity index (χ2n) is 10.8. The summed E-state index contributed by atoms with van der Waals surface area (Å²) in [6.45, 7) is 11.1. The van der Waals surface area contributed by atoms with E-state index >= 15 is 0 Å². The van der Waals surface area contributed by atoms with Crippen molar-refractivity contribution in [2.24, 2.45) is 0 Å². The van der Waals surface area contributed by atoms with Gasteiger partial charge in [-0.15, -0.1) is 0 Å². The van der Waals surface area contributed by atoms with E-state index in [4.69, 9.17) is 21.1 Å². The molecule has 0 aromatic heterocycles. The van der Waals surface area contributed by atoms with E-state index in [1.807, 2.05) is 44.7 Å². The summed E-state index contributed by atoms with van der Waals surface area (Å²) in [5.41, 5.74) is 0.289. The first-order chi connectivity index (χ1) is 16.1. The quantitative estimate of drug-likeness (QED) is 0.621. The summed E-state index contributed by atoms with van der Waals surface area (Å²) in [7, 11) is 0. The fourth-order valence-electron chi connectivity index (χ4n) is 5.01. The fourth-order valence-corrected chi connectivity index (χ4v) is 5.13. The molecule has 0 unspecified atom stereocenters. The van der Waals surface area contributed by atoms with Gasteiger partial charge in [-0.2, -0.15) is 0 Å². The Kier molecular flexibility index (Phi) is 7.63. The van der Waals surface area contributed by atoms with Crippen LogP contribution in [0.2, 0.25) is 5.02 Å². The molecule has 1 aromatic rings. The first-order valence-corrected chi connectivity index (χ1v) is 12.9. The zero-order valence-electron chi connectivity index (χ0n) is 20.9. The van der Waals surface area contributed by atoms with E-state index in [2.05, 4.69) is 4.90 Å². The van der Waals surface area contributed by atoms with E-state index in [9.17, 15) is 9.59 Å². The van der Waals surface area contributed by atoms with Crippen LogP contribution in [0.4, 0.5) is 4.79 Å². The maximum Gasteiger partial charge on any atom is 0.411 e. The number of benzene rings is 1. The van der Waals surface area contributed by atoms with Gasteiger partial charge in [0.15, 0.2) is 0 Å². The predicted octanol–water partition coefficient (Wildman–Crippen LogP) is 4.49. The molecule has 1 saturated carbocycles. The zero-order chi connectivity index (χ0) is 24.5. The van der Waals surface area contributed by atoms with E-state index < -0.39 is 17.7 Å². The van der Waals surface area contributed by atoms with E-state index in [-0.39, 0.29) is 12.0 Å². The molecule has 3 fully saturated rings. The van der Waals surface area contributed by atoms with Gasteiger partial charge in [0.25, 0.3) is 0 Å². The standard InChI is InChI=1S/C26H38ClN3O4/c1-18-15-20(9-10-22(18)27)33-21-16-23(30(17-21)25(32)34-26(2,3)4)24(31)29-12-6-11-28(13-14-29)19-7-5-8-19/h9-10,15,19,21,23H,5-8,11-14,16-17H2,1-4H3/t21-,23+/m0/s1. The first-order valence-electron chi connectivity index (χ1n) is 12.6. The Morgan fingerprint density at radius 2 is 1.82 bits per heavy atom. The molecule has 7 nitrogen and oxygen atoms in total. The molecule has 0 radical (unpaired) electrons. The average Bonchev–Trinajstić information content (AvgIpc) is 2.99. The Bertz CT molecular complexity index is 899. The highest BCUT2D eigenvalue weighted by Crippen LogP contribution is 2.30. The lowest BCUT2D eigenvalue weighted by Gasteiger charge is -2.37. The number of hydrogen-bond acceptors (Lipinski definition) is 5. The second-order valence-corrected chi connectivity index (χ2v) is 11.2. The van der Waals surface area contributed by atoms with Crippen molar-refractivity contribution in [3.63, 3.8) is 0 Å². The largest absolute Gasteiger partial charge is 0.488 e. The summed E-state index contributed by atoms with van der Waals surface area (Å²) < 4.78 is 11.9. The molecule has 3 aliphatic rings. The van der Waals surface area contributed by atoms with Crippen LogP contribution in [0.5, 0.6) is 5.75 Å². The summed E-state index contributed by atoms with van der Waals surface area (Å²) in [6, 6.07) is 5.62. The van der Waals surface area contributed by atoms with Gasteiger partial charge >= 0.3 is 6.09 Å². The summed E-state index contributed by atoms with van der Waals surface area (Å²) in [5.74, 6) is 0.690. The summed E-state index contributed by atoms with van der Waals surface area (Å²) >= 11 is 6.15. The van der Waals surface area contributed by atoms with Gasteiger partial charge in [-0.05, 0) is 70.7 Å². The topological polar surface area (TPSA) is 62.3 Å². The second kappa shape index (κ2) is 10.3. The molecule has 8 heteroatoms. The van der Waals surface area contributed by atoms with Crippen LogP contribution >= 0.6 is 11.6 Å². The van der Waals surface area contributed by atoms with Crippen molar-refractivity contribution in [3.05, 3.63) is 28.8 Å². The Hall–Kier alpha value is -1.99. The Morgan fingerprint density at radius 1 is 1.06 bits per heavy atom. The molecule has 2 amide bonds. The van der Waals surface area contributed by atoms with Crippen LogP contribution in [-0.2, 0) is 9.53 Å². The van der Waals surface area contributed by atoms with E-state index in [1.54, 1.807) is 11.0 Å². The number of rotatable bonds is 4. The Morgan fingerprint density at radius 3 is 2.47 bits per heavy atom. The molecular formula is C26H38ClN3O4. The van der Waals surface area contributed by atoms with Crippen molar-refractivity contribution in [2.75, 3.05) is 32.7 Å². The fraction of sp³-hybridized carbons (Fsp3) is 0.692. The minimum absolute atomic E-state index is 0.000273. The number of nitrogens with zero attached hydrogens (tertiary/aromatic N) is 3. The van der Waals surface area contributed by atoms with E-state index in [0.717, 1.165) is 31.6 Å². The maximum absolute atomic E-state index is 13.7. The van der Waals surface area contributed by atoms with Gasteiger partial charge < -0.3 is 14.4 Å². The average molecular weight is 492 g/mol. The third-order valence-corrected chi connectivity index (χ3v) is 7.47. The number of ether oxygens (including phenoxy) is 2. The van der Waals surface area contributed by atoms with Crippen LogP contribution in [0.3, 0.4) is 0 Å². The Labute approximate surface area is 208 Å². The van der Waals surface area contributed by atoms with Crippen LogP contribution in [0.1, 0.15) is 58.4 Å². The van der Waals surface area contributed by atoms with Gasteiger partial charge in [0.05, 0.1) is 6.54 Å². The minimum Gasteiger partial charge on any atom is -0.488 e. The number of carbonyl (C=O) groups is 2. The highest BCUT2D eigenvalue weighted by Gasteiger charge is 2.44. The molecule has 2 saturated heterocycles. The van der Waals surface area contributed by atoms with Crippen molar-refractivity contribution in [2.45, 2.75) is 83.6 Å². The molecule has 2 atom stereocenters. The van der Waals surface area contributed by atoms with Gasteiger partial charge in [0.2, 0.25) is 5.91 Å². The normalized spacial score (nSPS) is 24.5. The molecule has 4 rings (SSSR count). The van der Waals surface area contributed by atoms with Crippen LogP contribution in [0.25, 0.3) is 0 Å². The van der Waals surface area contributed by atoms with Gasteiger partial charge in [-0.3, -0.25) is 14.6 Å². The highest BCUT2D eigenvalue weighted by molar-refractivity contribution is 6.31. The number of aryl methyl sites for hydroxylation is 1. The highest BCUT2D eigenvalue weighted by atomic mass is 35.5. The lowest BCUT2D eigenvalue weighted by molar-refractivity contribution is -0.135. The van der Waals surface area contributed by atoms with Crippen molar-refractivity contribution in [3.8, 4) is 5.75 Å². The lowest BCUT2D eigenvalue weighted by Crippen LogP contribution is -2.50. The summed E-state index contributed by atoms with van der Waals surface area (Å²) in [4.78, 5) is 32.8. The molecule has 0 bridgehead atoms. The summed E-state index contributed by atoms with van der Waals surface area (Å²) in [5, 5.41) is 0.680. The van der Waals surface area contributed by atoms with Crippen molar-refractivity contribution >= 4 is 23.6 Å². The number of amides is 2. The third kappa shape index (κ3) is 5.98. The number of halogens is 1. The molecule has 2 heterocycles. The predicted molar refractivity (Wildman–Crippen MR) is 132 cm³/mol. The van der Waals surface area contributed by atoms with E-state index in [1.165, 1.54) is 19.3 Å². The number of likely N-dealkylation sites (tertiary alicyclic amines) is 1. The molecule has 2 aliphatic heterocycles. The molecule has 0 spiro atoms. The van der Waals surface area contributed by atoms with Gasteiger partial charge in [-0.1, -0.05) is 18.0 Å². The van der Waals surface area contributed by atoms with Crippen molar-refractivity contribution < 1.29 is 19.1 Å². The molecule has 34 heavy (non-hydrogen) atoms. The maximum atomic E-state index is 13.7. The number of hydrogen-bond donors (Lipinski definition) is 0. The van der Waals surface area contributed by atoms with Gasteiger partial charge in [0.1, 0.15) is 23.5 Å². The zero-order valence-corrected chi connectivity index (χ0v) is 21.6. The van der Waals surface area contributed by atoms with Crippen LogP contribution < -0.4 is 4.74 Å². The minimum atomic E-state index is -0.636. The monoisotopic (exact) mass is 491 g/mol. The molecule has 0 N–H and O–H groups in total. The van der Waals surface area contributed by atoms with E-state index in [0.29, 0.717) is 36.3 Å². The van der Waals surface area contributed by atoms with Crippen molar-refractivity contribution in [1.29, 1.82) is 0 Å². The van der Waals surface area contributed by atoms with Crippen molar-refractivity contribution in [1.82, 2.24) is 14.7 Å². The molecule has 1 aromatic carbocycles. The summed E-state index contributed by atoms with van der Waals surface area (Å²) in [6.07, 6.45) is 4.51. The lowest BCUT2D eigenvalue weighted by atomic mass is 9.91. The molecular weight excluding hydrogens is 454 g/mol. The van der Waals surface area contributed by atoms with Gasteiger partial charge in [0, 0.05) is 43.7 Å². The third-order valence-electron chi connectivity index (χ3n) is 7.04. The molecule has 188 valence electrons. The van der Waals surface area contributed by atoms with Crippen LogP contribution in [0.15, 0.2) is 18.2 Å². The van der Waals surface area contributed by atoms with Crippen LogP contribution in [0, 0.1) is 6.92 Å². The van der Waals surface area contributed by atoms with Crippen LogP contribution in [-0.4, -0.2) is 83.2 Å². The smallest absolute Gasteiger partial charge is 0.411 e.